The van der Waals surface area contributed by atoms with Crippen LogP contribution in [0, 0.1) is 0 Å². The third-order valence-electron chi connectivity index (χ3n) is 4.76. The van der Waals surface area contributed by atoms with Crippen LogP contribution in [0.5, 0.6) is 0 Å². The van der Waals surface area contributed by atoms with Gasteiger partial charge in [-0.2, -0.15) is 0 Å². The van der Waals surface area contributed by atoms with Gasteiger partial charge < -0.3 is 10.1 Å². The van der Waals surface area contributed by atoms with Crippen molar-refractivity contribution in [2.75, 3.05) is 19.5 Å². The van der Waals surface area contributed by atoms with Crippen molar-refractivity contribution in [2.45, 2.75) is 18.1 Å². The summed E-state index contributed by atoms with van der Waals surface area (Å²) < 4.78 is 6.65. The topological polar surface area (TPSA) is 73.2 Å². The molecule has 1 amide bonds. The zero-order valence-electron chi connectivity index (χ0n) is 17.8. The Hall–Kier alpha value is -2.94. The molecule has 0 radical (unpaired) electrons. The number of benzene rings is 2. The smallest absolute Gasteiger partial charge is 0.267 e. The number of fused-ring (bicyclic) bond motifs is 1. The number of hydrogen-bond donors (Lipinski definition) is 1. The highest BCUT2D eigenvalue weighted by atomic mass is 32.2. The van der Waals surface area contributed by atoms with Gasteiger partial charge in [-0.15, -0.1) is 11.3 Å². The quantitative estimate of drug-likeness (QED) is 0.309. The Bertz CT molecular complexity index is 1270. The fourth-order valence-electron chi connectivity index (χ4n) is 3.35. The van der Waals surface area contributed by atoms with Gasteiger partial charge in [0.15, 0.2) is 5.16 Å². The molecule has 0 aliphatic heterocycles. The van der Waals surface area contributed by atoms with Crippen molar-refractivity contribution < 1.29 is 9.53 Å². The highest BCUT2D eigenvalue weighted by molar-refractivity contribution is 7.99. The number of hydrogen-bond acceptors (Lipinski definition) is 6. The summed E-state index contributed by atoms with van der Waals surface area (Å²) in [6.07, 6.45) is 0. The fraction of sp³-hybridized carbons (Fsp3) is 0.208. The van der Waals surface area contributed by atoms with Crippen molar-refractivity contribution in [3.8, 4) is 16.1 Å². The maximum atomic E-state index is 13.5. The monoisotopic (exact) mass is 465 g/mol. The molecule has 0 fully saturated rings. The summed E-state index contributed by atoms with van der Waals surface area (Å²) in [4.78, 5) is 32.3. The number of thioether (sulfide) groups is 1. The number of aromatic nitrogens is 2. The first-order valence-electron chi connectivity index (χ1n) is 10.2. The largest absolute Gasteiger partial charge is 0.383 e. The zero-order valence-corrected chi connectivity index (χ0v) is 19.4. The SMILES string of the molecule is COCC(C)NC(=O)CSc1nc2sc(-c3ccccc3)cc2c(=O)n1-c1ccccc1. The van der Waals surface area contributed by atoms with E-state index in [0.717, 1.165) is 16.1 Å². The van der Waals surface area contributed by atoms with Crippen LogP contribution in [0.25, 0.3) is 26.3 Å². The first kappa shape index (κ1) is 22.3. The van der Waals surface area contributed by atoms with Gasteiger partial charge in [-0.1, -0.05) is 60.3 Å². The third-order valence-corrected chi connectivity index (χ3v) is 6.78. The van der Waals surface area contributed by atoms with Crippen LogP contribution in [0.1, 0.15) is 6.92 Å². The van der Waals surface area contributed by atoms with Crippen molar-refractivity contribution in [3.63, 3.8) is 0 Å². The van der Waals surface area contributed by atoms with E-state index in [1.54, 1.807) is 11.7 Å². The lowest BCUT2D eigenvalue weighted by Gasteiger charge is -2.14. The molecular weight excluding hydrogens is 442 g/mol. The van der Waals surface area contributed by atoms with Gasteiger partial charge in [0, 0.05) is 18.0 Å². The molecule has 0 spiro atoms. The molecule has 4 rings (SSSR count). The molecule has 1 unspecified atom stereocenters. The summed E-state index contributed by atoms with van der Waals surface area (Å²) in [6.45, 7) is 2.32. The van der Waals surface area contributed by atoms with E-state index in [4.69, 9.17) is 9.72 Å². The summed E-state index contributed by atoms with van der Waals surface area (Å²) in [6, 6.07) is 21.1. The van der Waals surface area contributed by atoms with Gasteiger partial charge >= 0.3 is 0 Å². The van der Waals surface area contributed by atoms with E-state index < -0.39 is 0 Å². The Morgan fingerprint density at radius 2 is 1.84 bits per heavy atom. The minimum Gasteiger partial charge on any atom is -0.383 e. The Balaban J connectivity index is 1.73. The van der Waals surface area contributed by atoms with Gasteiger partial charge in [0.25, 0.3) is 5.56 Å². The average molecular weight is 466 g/mol. The van der Waals surface area contributed by atoms with Gasteiger partial charge in [0.2, 0.25) is 5.91 Å². The molecule has 8 heteroatoms. The molecule has 164 valence electrons. The van der Waals surface area contributed by atoms with E-state index >= 15 is 0 Å². The molecule has 0 saturated heterocycles. The molecule has 6 nitrogen and oxygen atoms in total. The van der Waals surface area contributed by atoms with Crippen LogP contribution in [0.3, 0.4) is 0 Å². The number of nitrogens with one attached hydrogen (secondary N) is 1. The number of rotatable bonds is 8. The van der Waals surface area contributed by atoms with Crippen LogP contribution in [-0.4, -0.2) is 41.0 Å². The van der Waals surface area contributed by atoms with Gasteiger partial charge in [-0.05, 0) is 30.7 Å². The second-order valence-corrected chi connectivity index (χ2v) is 9.25. The van der Waals surface area contributed by atoms with Gasteiger partial charge in [-0.3, -0.25) is 14.2 Å². The lowest BCUT2D eigenvalue weighted by molar-refractivity contribution is -0.119. The number of nitrogens with zero attached hydrogens (tertiary/aromatic N) is 2. The van der Waals surface area contributed by atoms with E-state index in [1.807, 2.05) is 73.7 Å². The Kier molecular flexibility index (Phi) is 7.04. The minimum absolute atomic E-state index is 0.0921. The van der Waals surface area contributed by atoms with Crippen LogP contribution in [0.2, 0.25) is 0 Å². The third kappa shape index (κ3) is 4.93. The predicted molar refractivity (Wildman–Crippen MR) is 131 cm³/mol. The number of carbonyl (C=O) groups is 1. The molecular formula is C24H23N3O3S2. The summed E-state index contributed by atoms with van der Waals surface area (Å²) in [5.74, 6) is 0.0140. The molecule has 0 bridgehead atoms. The fourth-order valence-corrected chi connectivity index (χ4v) is 5.25. The summed E-state index contributed by atoms with van der Waals surface area (Å²) >= 11 is 2.73. The molecule has 32 heavy (non-hydrogen) atoms. The Morgan fingerprint density at radius 1 is 1.16 bits per heavy atom. The average Bonchev–Trinajstić information content (AvgIpc) is 3.24. The van der Waals surface area contributed by atoms with E-state index in [2.05, 4.69) is 5.32 Å². The van der Waals surface area contributed by atoms with E-state index in [-0.39, 0.29) is 23.3 Å². The summed E-state index contributed by atoms with van der Waals surface area (Å²) in [7, 11) is 1.60. The van der Waals surface area contributed by atoms with Crippen LogP contribution >= 0.6 is 23.1 Å². The molecule has 4 aromatic rings. The second kappa shape index (κ2) is 10.1. The maximum absolute atomic E-state index is 13.5. The van der Waals surface area contributed by atoms with Crippen molar-refractivity contribution >= 4 is 39.2 Å². The standard InChI is InChI=1S/C24H23N3O3S2/c1-16(14-30-2)25-21(28)15-31-24-26-22-19(13-20(32-22)17-9-5-3-6-10-17)23(29)27(24)18-11-7-4-8-12-18/h3-13,16H,14-15H2,1-2H3,(H,25,28). The highest BCUT2D eigenvalue weighted by Crippen LogP contribution is 2.32. The van der Waals surface area contributed by atoms with E-state index in [1.165, 1.54) is 23.1 Å². The number of amides is 1. The molecule has 1 N–H and O–H groups in total. The molecule has 0 saturated carbocycles. The van der Waals surface area contributed by atoms with E-state index in [9.17, 15) is 9.59 Å². The molecule has 2 heterocycles. The van der Waals surface area contributed by atoms with Crippen molar-refractivity contribution in [1.29, 1.82) is 0 Å². The van der Waals surface area contributed by atoms with Crippen molar-refractivity contribution in [1.82, 2.24) is 14.9 Å². The van der Waals surface area contributed by atoms with E-state index in [0.29, 0.717) is 22.0 Å². The lowest BCUT2D eigenvalue weighted by atomic mass is 10.2. The maximum Gasteiger partial charge on any atom is 0.267 e. The Morgan fingerprint density at radius 3 is 2.53 bits per heavy atom. The Labute approximate surface area is 194 Å². The predicted octanol–water partition coefficient (Wildman–Crippen LogP) is 4.36. The molecule has 2 aromatic carbocycles. The van der Waals surface area contributed by atoms with Gasteiger partial charge in [0.05, 0.1) is 23.4 Å². The first-order chi connectivity index (χ1) is 15.6. The number of carbonyl (C=O) groups excluding carboxylic acids is 1. The number of ether oxygens (including phenoxy) is 1. The molecule has 0 aliphatic rings. The number of thiophene rings is 1. The zero-order chi connectivity index (χ0) is 22.5. The van der Waals surface area contributed by atoms with Gasteiger partial charge in [-0.25, -0.2) is 4.98 Å². The lowest BCUT2D eigenvalue weighted by Crippen LogP contribution is -2.36. The number of para-hydroxylation sites is 1. The molecule has 0 aliphatic carbocycles. The molecule has 1 atom stereocenters. The molecule has 2 aromatic heterocycles. The van der Waals surface area contributed by atoms with Crippen molar-refractivity contribution in [3.05, 3.63) is 77.1 Å². The van der Waals surface area contributed by atoms with Crippen LogP contribution in [-0.2, 0) is 9.53 Å². The van der Waals surface area contributed by atoms with Crippen molar-refractivity contribution in [2.24, 2.45) is 0 Å². The summed E-state index contributed by atoms with van der Waals surface area (Å²) in [5.41, 5.74) is 1.62. The second-order valence-electron chi connectivity index (χ2n) is 7.28. The summed E-state index contributed by atoms with van der Waals surface area (Å²) in [5, 5.41) is 3.95. The van der Waals surface area contributed by atoms with Crippen LogP contribution in [0.15, 0.2) is 76.7 Å². The highest BCUT2D eigenvalue weighted by Gasteiger charge is 2.18. The normalized spacial score (nSPS) is 12.1. The van der Waals surface area contributed by atoms with Gasteiger partial charge in [0.1, 0.15) is 4.83 Å². The minimum atomic E-state index is -0.143. The first-order valence-corrected chi connectivity index (χ1v) is 12.0. The number of methoxy groups -OCH3 is 1. The van der Waals surface area contributed by atoms with Crippen LogP contribution < -0.4 is 10.9 Å². The van der Waals surface area contributed by atoms with Crippen LogP contribution in [0.4, 0.5) is 0 Å².